The lowest BCUT2D eigenvalue weighted by molar-refractivity contribution is 0.651. The van der Waals surface area contributed by atoms with E-state index in [0.717, 1.165) is 19.4 Å². The van der Waals surface area contributed by atoms with Gasteiger partial charge in [-0.1, -0.05) is 5.92 Å². The Kier molecular flexibility index (Phi) is 2.69. The van der Waals surface area contributed by atoms with Gasteiger partial charge in [-0.2, -0.15) is 0 Å². The molecule has 1 rings (SSSR count). The lowest BCUT2D eigenvalue weighted by Gasteiger charge is -2.10. The van der Waals surface area contributed by atoms with Crippen molar-refractivity contribution in [2.24, 2.45) is 0 Å². The molecule has 0 radical (unpaired) electrons. The van der Waals surface area contributed by atoms with Crippen LogP contribution in [0, 0.1) is 12.3 Å². The van der Waals surface area contributed by atoms with E-state index in [9.17, 15) is 4.21 Å². The molecule has 0 bridgehead atoms. The maximum absolute atomic E-state index is 11.1. The first-order chi connectivity index (χ1) is 5.21. The van der Waals surface area contributed by atoms with Crippen molar-refractivity contribution in [1.82, 2.24) is 5.32 Å². The third-order valence-corrected chi connectivity index (χ3v) is 3.86. The van der Waals surface area contributed by atoms with E-state index in [0.29, 0.717) is 6.54 Å². The predicted molar refractivity (Wildman–Crippen MR) is 47.7 cm³/mol. The Morgan fingerprint density at radius 3 is 2.73 bits per heavy atom. The van der Waals surface area contributed by atoms with Gasteiger partial charge in [-0.15, -0.1) is 6.42 Å². The molecule has 0 amide bonds. The third-order valence-electron chi connectivity index (χ3n) is 2.09. The minimum atomic E-state index is -0.699. The molecular formula is C8H13NOS. The van der Waals surface area contributed by atoms with Crippen molar-refractivity contribution in [3.8, 4) is 12.3 Å². The molecule has 1 fully saturated rings. The summed E-state index contributed by atoms with van der Waals surface area (Å²) >= 11 is 0. The van der Waals surface area contributed by atoms with Gasteiger partial charge in [-0.25, -0.2) is 0 Å². The number of hydrogen-bond acceptors (Lipinski definition) is 2. The lowest BCUT2D eigenvalue weighted by Crippen LogP contribution is -2.31. The molecule has 1 N–H and O–H groups in total. The molecular weight excluding hydrogens is 158 g/mol. The van der Waals surface area contributed by atoms with Crippen molar-refractivity contribution in [1.29, 1.82) is 0 Å². The smallest absolute Gasteiger partial charge is 0.0581 e. The van der Waals surface area contributed by atoms with E-state index in [1.54, 1.807) is 6.26 Å². The summed E-state index contributed by atoms with van der Waals surface area (Å²) in [7, 11) is -0.699. The second-order valence-corrected chi connectivity index (χ2v) is 4.72. The van der Waals surface area contributed by atoms with Gasteiger partial charge in [0.2, 0.25) is 0 Å². The standard InChI is InChI=1S/C8H13NOS/c1-3-6-9-7-8(4-5-8)11(2)10/h1,9H,4-7H2,2H3. The number of nitrogens with one attached hydrogen (secondary N) is 1. The Morgan fingerprint density at radius 2 is 2.36 bits per heavy atom. The average Bonchev–Trinajstić information content (AvgIpc) is 2.70. The van der Waals surface area contributed by atoms with Crippen LogP contribution in [-0.4, -0.2) is 28.3 Å². The highest BCUT2D eigenvalue weighted by Crippen LogP contribution is 2.40. The van der Waals surface area contributed by atoms with Crippen molar-refractivity contribution in [3.63, 3.8) is 0 Å². The topological polar surface area (TPSA) is 29.1 Å². The first kappa shape index (κ1) is 8.76. The lowest BCUT2D eigenvalue weighted by atomic mass is 10.4. The summed E-state index contributed by atoms with van der Waals surface area (Å²) < 4.78 is 11.2. The van der Waals surface area contributed by atoms with E-state index in [1.165, 1.54) is 0 Å². The van der Waals surface area contributed by atoms with E-state index < -0.39 is 10.8 Å². The van der Waals surface area contributed by atoms with Crippen LogP contribution in [-0.2, 0) is 10.8 Å². The molecule has 1 unspecified atom stereocenters. The zero-order valence-electron chi connectivity index (χ0n) is 6.72. The van der Waals surface area contributed by atoms with Crippen LogP contribution in [0.3, 0.4) is 0 Å². The minimum absolute atomic E-state index is 0.0663. The highest BCUT2D eigenvalue weighted by Gasteiger charge is 2.46. The second-order valence-electron chi connectivity index (χ2n) is 2.94. The zero-order chi connectivity index (χ0) is 8.32. The van der Waals surface area contributed by atoms with E-state index in [1.807, 2.05) is 0 Å². The number of hydrogen-bond donors (Lipinski definition) is 1. The average molecular weight is 171 g/mol. The Balaban J connectivity index is 2.26. The van der Waals surface area contributed by atoms with Crippen LogP contribution in [0.5, 0.6) is 0 Å². The molecule has 62 valence electrons. The van der Waals surface area contributed by atoms with Crippen LogP contribution in [0.15, 0.2) is 0 Å². The molecule has 1 aliphatic carbocycles. The van der Waals surface area contributed by atoms with Gasteiger partial charge in [0, 0.05) is 23.6 Å². The second kappa shape index (κ2) is 3.38. The Morgan fingerprint density at radius 1 is 1.73 bits per heavy atom. The van der Waals surface area contributed by atoms with Crippen LogP contribution < -0.4 is 5.32 Å². The first-order valence-corrected chi connectivity index (χ1v) is 5.25. The van der Waals surface area contributed by atoms with Crippen molar-refractivity contribution in [2.45, 2.75) is 17.6 Å². The van der Waals surface area contributed by atoms with Crippen LogP contribution in [0.2, 0.25) is 0 Å². The molecule has 1 atom stereocenters. The summed E-state index contributed by atoms with van der Waals surface area (Å²) in [6.45, 7) is 1.39. The van der Waals surface area contributed by atoms with Crippen molar-refractivity contribution < 1.29 is 4.21 Å². The largest absolute Gasteiger partial charge is 0.305 e. The molecule has 0 heterocycles. The monoisotopic (exact) mass is 171 g/mol. The minimum Gasteiger partial charge on any atom is -0.305 e. The Hall–Kier alpha value is -0.330. The highest BCUT2D eigenvalue weighted by atomic mass is 32.2. The van der Waals surface area contributed by atoms with Gasteiger partial charge in [-0.3, -0.25) is 4.21 Å². The SMILES string of the molecule is C#CCNCC1(S(C)=O)CC1. The van der Waals surface area contributed by atoms with Crippen LogP contribution in [0.4, 0.5) is 0 Å². The van der Waals surface area contributed by atoms with E-state index >= 15 is 0 Å². The summed E-state index contributed by atoms with van der Waals surface area (Å²) in [6, 6.07) is 0. The number of rotatable bonds is 4. The molecule has 0 aromatic heterocycles. The molecule has 0 saturated heterocycles. The molecule has 11 heavy (non-hydrogen) atoms. The van der Waals surface area contributed by atoms with Crippen molar-refractivity contribution in [2.75, 3.05) is 19.3 Å². The van der Waals surface area contributed by atoms with Gasteiger partial charge in [0.25, 0.3) is 0 Å². The first-order valence-electron chi connectivity index (χ1n) is 3.69. The van der Waals surface area contributed by atoms with Gasteiger partial charge in [-0.05, 0) is 12.8 Å². The predicted octanol–water partition coefficient (Wildman–Crippen LogP) is 0.120. The van der Waals surface area contributed by atoms with Gasteiger partial charge in [0.15, 0.2) is 0 Å². The van der Waals surface area contributed by atoms with Crippen LogP contribution in [0.1, 0.15) is 12.8 Å². The summed E-state index contributed by atoms with van der Waals surface area (Å²) in [5, 5.41) is 3.09. The van der Waals surface area contributed by atoms with Crippen molar-refractivity contribution >= 4 is 10.8 Å². The molecule has 0 aliphatic heterocycles. The zero-order valence-corrected chi connectivity index (χ0v) is 7.54. The number of terminal acetylenes is 1. The van der Waals surface area contributed by atoms with Crippen LogP contribution >= 0.6 is 0 Å². The van der Waals surface area contributed by atoms with Gasteiger partial charge in [0.1, 0.15) is 0 Å². The van der Waals surface area contributed by atoms with Gasteiger partial charge < -0.3 is 5.32 Å². The van der Waals surface area contributed by atoms with E-state index in [2.05, 4.69) is 11.2 Å². The molecule has 1 aliphatic rings. The third kappa shape index (κ3) is 2.05. The highest BCUT2D eigenvalue weighted by molar-refractivity contribution is 7.86. The molecule has 0 spiro atoms. The van der Waals surface area contributed by atoms with E-state index in [4.69, 9.17) is 6.42 Å². The molecule has 0 aromatic rings. The Labute approximate surface area is 70.2 Å². The molecule has 3 heteroatoms. The summed E-state index contributed by atoms with van der Waals surface area (Å²) in [5.74, 6) is 2.50. The van der Waals surface area contributed by atoms with Crippen molar-refractivity contribution in [3.05, 3.63) is 0 Å². The van der Waals surface area contributed by atoms with Crippen LogP contribution in [0.25, 0.3) is 0 Å². The molecule has 2 nitrogen and oxygen atoms in total. The Bertz CT molecular complexity index is 203. The van der Waals surface area contributed by atoms with Gasteiger partial charge in [0.05, 0.1) is 11.3 Å². The molecule has 1 saturated carbocycles. The quantitative estimate of drug-likeness (QED) is 0.481. The van der Waals surface area contributed by atoms with Gasteiger partial charge >= 0.3 is 0 Å². The van der Waals surface area contributed by atoms with E-state index in [-0.39, 0.29) is 4.75 Å². The fraction of sp³-hybridized carbons (Fsp3) is 0.750. The maximum Gasteiger partial charge on any atom is 0.0581 e. The summed E-state index contributed by atoms with van der Waals surface area (Å²) in [6.07, 6.45) is 8.99. The fourth-order valence-electron chi connectivity index (χ4n) is 1.07. The fourth-order valence-corrected chi connectivity index (χ4v) is 2.05. The normalized spacial score (nSPS) is 22.2. The maximum atomic E-state index is 11.1. The molecule has 0 aromatic carbocycles. The summed E-state index contributed by atoms with van der Waals surface area (Å²) in [5.41, 5.74) is 0. The summed E-state index contributed by atoms with van der Waals surface area (Å²) in [4.78, 5) is 0.